The van der Waals surface area contributed by atoms with Crippen molar-refractivity contribution in [3.63, 3.8) is 0 Å². The number of nitrogens with zero attached hydrogens (tertiary/aromatic N) is 3. The topological polar surface area (TPSA) is 66.5 Å². The van der Waals surface area contributed by atoms with Crippen LogP contribution in [0.1, 0.15) is 40.9 Å². The Morgan fingerprint density at radius 2 is 1.50 bits per heavy atom. The Morgan fingerprint density at radius 3 is 2.24 bits per heavy atom. The molecule has 2 aliphatic heterocycles. The molecule has 0 atom stereocenters. The molecule has 0 unspecified atom stereocenters. The number of para-hydroxylation sites is 2. The van der Waals surface area contributed by atoms with Crippen LogP contribution >= 0.6 is 0 Å². The molecule has 6 rings (SSSR count). The largest absolute Gasteiger partial charge is 0.496 e. The maximum Gasteiger partial charge on any atom is 0.258 e. The van der Waals surface area contributed by atoms with E-state index in [1.807, 2.05) is 47.4 Å². The van der Waals surface area contributed by atoms with E-state index >= 15 is 0 Å². The van der Waals surface area contributed by atoms with Crippen LogP contribution in [-0.4, -0.2) is 63.9 Å². The molecule has 1 amide bonds. The summed E-state index contributed by atoms with van der Waals surface area (Å²) in [6, 6.07) is 28.5. The third kappa shape index (κ3) is 6.92. The molecule has 1 saturated heterocycles. The van der Waals surface area contributed by atoms with Crippen molar-refractivity contribution >= 4 is 23.0 Å². The molecule has 4 aromatic rings. The maximum absolute atomic E-state index is 13.7. The summed E-state index contributed by atoms with van der Waals surface area (Å²) in [6.07, 6.45) is 0.963. The van der Waals surface area contributed by atoms with E-state index in [1.54, 1.807) is 14.2 Å². The molecule has 0 aromatic heterocycles. The minimum Gasteiger partial charge on any atom is -0.496 e. The van der Waals surface area contributed by atoms with Gasteiger partial charge in [-0.05, 0) is 86.0 Å². The van der Waals surface area contributed by atoms with E-state index < -0.39 is 0 Å². The number of hydrogen-bond acceptors (Lipinski definition) is 7. The number of ether oxygens (including phenoxy) is 3. The van der Waals surface area contributed by atoms with Gasteiger partial charge in [-0.2, -0.15) is 0 Å². The molecular weight excluding hydrogens is 576 g/mol. The van der Waals surface area contributed by atoms with Crippen LogP contribution in [0.25, 0.3) is 0 Å². The molecule has 0 aliphatic carbocycles. The Kier molecular flexibility index (Phi) is 9.64. The van der Waals surface area contributed by atoms with Gasteiger partial charge in [0.25, 0.3) is 5.91 Å². The van der Waals surface area contributed by atoms with Crippen molar-refractivity contribution in [2.75, 3.05) is 62.1 Å². The van der Waals surface area contributed by atoms with E-state index in [0.29, 0.717) is 13.1 Å². The second-order valence-electron chi connectivity index (χ2n) is 12.1. The zero-order chi connectivity index (χ0) is 32.0. The second kappa shape index (κ2) is 14.2. The molecule has 46 heavy (non-hydrogen) atoms. The number of carbonyl (C=O) groups excluding carboxylic acids is 1. The molecule has 4 aromatic carbocycles. The Labute approximate surface area is 272 Å². The summed E-state index contributed by atoms with van der Waals surface area (Å²) in [4.78, 5) is 20.5. The number of benzene rings is 4. The van der Waals surface area contributed by atoms with Gasteiger partial charge in [0.05, 0.1) is 31.6 Å². The summed E-state index contributed by atoms with van der Waals surface area (Å²) in [6.45, 7) is 9.96. The Balaban J connectivity index is 1.07. The van der Waals surface area contributed by atoms with Crippen LogP contribution in [0.3, 0.4) is 0 Å². The minimum absolute atomic E-state index is 0.0478. The average molecular weight is 621 g/mol. The normalized spacial score (nSPS) is 14.7. The van der Waals surface area contributed by atoms with E-state index in [1.165, 1.54) is 5.56 Å². The molecular formula is C38H44N4O4. The van der Waals surface area contributed by atoms with Gasteiger partial charge in [-0.15, -0.1) is 0 Å². The van der Waals surface area contributed by atoms with Gasteiger partial charge >= 0.3 is 0 Å². The number of fused-ring (bicyclic) bond motifs is 1. The zero-order valence-electron chi connectivity index (χ0n) is 27.3. The van der Waals surface area contributed by atoms with Crippen LogP contribution in [0.2, 0.25) is 0 Å². The van der Waals surface area contributed by atoms with E-state index in [0.717, 1.165) is 90.1 Å². The molecule has 0 radical (unpaired) electrons. The highest BCUT2D eigenvalue weighted by Crippen LogP contribution is 2.34. The third-order valence-corrected chi connectivity index (χ3v) is 8.74. The van der Waals surface area contributed by atoms with Gasteiger partial charge in [-0.25, -0.2) is 0 Å². The lowest BCUT2D eigenvalue weighted by atomic mass is 10.1. The highest BCUT2D eigenvalue weighted by molar-refractivity contribution is 6.07. The van der Waals surface area contributed by atoms with E-state index in [4.69, 9.17) is 14.2 Å². The molecule has 8 nitrogen and oxygen atoms in total. The highest BCUT2D eigenvalue weighted by atomic mass is 16.5. The summed E-state index contributed by atoms with van der Waals surface area (Å²) >= 11 is 0. The summed E-state index contributed by atoms with van der Waals surface area (Å²) in [5.74, 6) is 2.56. The first kappa shape index (κ1) is 31.3. The van der Waals surface area contributed by atoms with Crippen LogP contribution in [0.4, 0.5) is 17.1 Å². The van der Waals surface area contributed by atoms with Crippen molar-refractivity contribution in [1.29, 1.82) is 0 Å². The average Bonchev–Trinajstić information content (AvgIpc) is 3.50. The van der Waals surface area contributed by atoms with Gasteiger partial charge in [0.15, 0.2) is 0 Å². The Bertz CT molecular complexity index is 1640. The monoisotopic (exact) mass is 620 g/mol. The van der Waals surface area contributed by atoms with Gasteiger partial charge in [-0.1, -0.05) is 30.3 Å². The summed E-state index contributed by atoms with van der Waals surface area (Å²) in [7, 11) is 3.34. The number of hydrogen-bond donors (Lipinski definition) is 1. The molecule has 1 fully saturated rings. The molecule has 0 bridgehead atoms. The van der Waals surface area contributed by atoms with E-state index in [2.05, 4.69) is 71.4 Å². The lowest BCUT2D eigenvalue weighted by Crippen LogP contribution is -2.46. The van der Waals surface area contributed by atoms with Crippen LogP contribution in [-0.2, 0) is 19.5 Å². The predicted octanol–water partition coefficient (Wildman–Crippen LogP) is 6.63. The van der Waals surface area contributed by atoms with Gasteiger partial charge in [0.2, 0.25) is 0 Å². The van der Waals surface area contributed by atoms with Gasteiger partial charge < -0.3 is 29.3 Å². The highest BCUT2D eigenvalue weighted by Gasteiger charge is 2.27. The number of nitrogens with one attached hydrogen (secondary N) is 1. The SMILES string of the molecule is COc1cccc(OC)c1CNc1ccc2c(c1)CCN2C(=O)c1cccc(CN2CCN(c3ccccc3OC(C)C)CC2)c1. The van der Waals surface area contributed by atoms with Crippen molar-refractivity contribution in [3.05, 3.63) is 107 Å². The fraction of sp³-hybridized carbons (Fsp3) is 0.342. The van der Waals surface area contributed by atoms with Crippen molar-refractivity contribution in [1.82, 2.24) is 4.90 Å². The fourth-order valence-electron chi connectivity index (χ4n) is 6.45. The number of amides is 1. The predicted molar refractivity (Wildman–Crippen MR) is 185 cm³/mol. The number of anilines is 3. The van der Waals surface area contributed by atoms with E-state index in [-0.39, 0.29) is 12.0 Å². The first-order valence-electron chi connectivity index (χ1n) is 16.1. The summed E-state index contributed by atoms with van der Waals surface area (Å²) in [5.41, 5.74) is 7.16. The molecule has 1 N–H and O–H groups in total. The lowest BCUT2D eigenvalue weighted by molar-refractivity contribution is 0.0989. The number of piperazine rings is 1. The van der Waals surface area contributed by atoms with Gasteiger partial charge in [0.1, 0.15) is 17.2 Å². The summed E-state index contributed by atoms with van der Waals surface area (Å²) < 4.78 is 17.2. The zero-order valence-corrected chi connectivity index (χ0v) is 27.3. The van der Waals surface area contributed by atoms with Crippen LogP contribution < -0.4 is 29.3 Å². The molecule has 2 heterocycles. The molecule has 2 aliphatic rings. The second-order valence-corrected chi connectivity index (χ2v) is 12.1. The van der Waals surface area contributed by atoms with Gasteiger partial charge in [-0.3, -0.25) is 9.69 Å². The fourth-order valence-corrected chi connectivity index (χ4v) is 6.45. The van der Waals surface area contributed by atoms with Crippen molar-refractivity contribution < 1.29 is 19.0 Å². The molecule has 0 saturated carbocycles. The summed E-state index contributed by atoms with van der Waals surface area (Å²) in [5, 5.41) is 3.51. The van der Waals surface area contributed by atoms with Gasteiger partial charge in [0, 0.05) is 62.8 Å². The standard InChI is InChI=1S/C38H44N4O4/c1-27(2)46-37-12-6-5-11-34(37)41-21-19-40(20-22-41)26-28-9-7-10-30(23-28)38(43)42-18-17-29-24-31(15-16-33(29)42)39-25-32-35(44-3)13-8-14-36(32)45-4/h5-16,23-24,27,39H,17-22,25-26H2,1-4H3. The van der Waals surface area contributed by atoms with Crippen LogP contribution in [0, 0.1) is 0 Å². The maximum atomic E-state index is 13.7. The smallest absolute Gasteiger partial charge is 0.258 e. The molecule has 8 heteroatoms. The first-order chi connectivity index (χ1) is 22.4. The number of rotatable bonds is 11. The van der Waals surface area contributed by atoms with E-state index in [9.17, 15) is 4.79 Å². The number of carbonyl (C=O) groups is 1. The Hall–Kier alpha value is -4.69. The minimum atomic E-state index is 0.0478. The van der Waals surface area contributed by atoms with Crippen molar-refractivity contribution in [2.45, 2.75) is 39.5 Å². The van der Waals surface area contributed by atoms with Crippen LogP contribution in [0.5, 0.6) is 17.2 Å². The quantitative estimate of drug-likeness (QED) is 0.202. The first-order valence-corrected chi connectivity index (χ1v) is 16.1. The third-order valence-electron chi connectivity index (χ3n) is 8.74. The van der Waals surface area contributed by atoms with Crippen molar-refractivity contribution in [3.8, 4) is 17.2 Å². The molecule has 0 spiro atoms. The Morgan fingerprint density at radius 1 is 0.783 bits per heavy atom. The van der Waals surface area contributed by atoms with Crippen molar-refractivity contribution in [2.24, 2.45) is 0 Å². The molecule has 240 valence electrons. The number of methoxy groups -OCH3 is 2. The lowest BCUT2D eigenvalue weighted by Gasteiger charge is -2.37. The van der Waals surface area contributed by atoms with Crippen LogP contribution in [0.15, 0.2) is 84.9 Å².